The van der Waals surface area contributed by atoms with E-state index in [1.165, 1.54) is 0 Å². The summed E-state index contributed by atoms with van der Waals surface area (Å²) in [7, 11) is 1.56. The number of pyridine rings is 1. The van der Waals surface area contributed by atoms with Gasteiger partial charge in [-0.15, -0.1) is 0 Å². The van der Waals surface area contributed by atoms with Gasteiger partial charge in [0.2, 0.25) is 5.88 Å². The normalized spacial score (nSPS) is 10.2. The van der Waals surface area contributed by atoms with Gasteiger partial charge in [-0.25, -0.2) is 0 Å². The Kier molecular flexibility index (Phi) is 6.13. The van der Waals surface area contributed by atoms with Crippen molar-refractivity contribution in [2.24, 2.45) is 0 Å². The molecule has 1 rings (SSSR count). The molecule has 1 heterocycles. The molecule has 1 aromatic heterocycles. The number of aliphatic hydroxyl groups excluding tert-OH is 1. The Hall–Kier alpha value is -1.53. The van der Waals surface area contributed by atoms with E-state index >= 15 is 0 Å². The number of hydrogen-bond donors (Lipinski definition) is 3. The number of methoxy groups -OCH3 is 1. The van der Waals surface area contributed by atoms with Crippen molar-refractivity contribution < 1.29 is 14.6 Å². The number of nitrogens with two attached hydrogens (primary N) is 1. The van der Waals surface area contributed by atoms with E-state index in [2.05, 4.69) is 10.3 Å². The molecule has 0 aliphatic heterocycles. The van der Waals surface area contributed by atoms with Crippen molar-refractivity contribution in [1.29, 1.82) is 0 Å². The van der Waals surface area contributed by atoms with Crippen molar-refractivity contribution in [2.75, 3.05) is 44.5 Å². The molecule has 0 bridgehead atoms. The fraction of sp³-hybridized carbons (Fsp3) is 0.545. The van der Waals surface area contributed by atoms with Crippen LogP contribution in [0.4, 0.5) is 11.5 Å². The Morgan fingerprint density at radius 1 is 1.41 bits per heavy atom. The second-order valence-electron chi connectivity index (χ2n) is 3.41. The van der Waals surface area contributed by atoms with Crippen LogP contribution >= 0.6 is 0 Å². The third-order valence-electron chi connectivity index (χ3n) is 2.10. The topological polar surface area (TPSA) is 89.6 Å². The van der Waals surface area contributed by atoms with Crippen LogP contribution in [-0.4, -0.2) is 43.6 Å². The SMILES string of the molecule is COc1ccc(N)c(NCCCOCCO)n1. The van der Waals surface area contributed by atoms with E-state index in [0.717, 1.165) is 6.42 Å². The van der Waals surface area contributed by atoms with Crippen molar-refractivity contribution in [1.82, 2.24) is 4.98 Å². The van der Waals surface area contributed by atoms with Crippen LogP contribution in [0.25, 0.3) is 0 Å². The highest BCUT2D eigenvalue weighted by Crippen LogP contribution is 2.19. The first-order chi connectivity index (χ1) is 8.27. The minimum atomic E-state index is 0.0534. The summed E-state index contributed by atoms with van der Waals surface area (Å²) >= 11 is 0. The van der Waals surface area contributed by atoms with Crippen LogP contribution < -0.4 is 15.8 Å². The number of anilines is 2. The van der Waals surface area contributed by atoms with Gasteiger partial charge in [-0.1, -0.05) is 0 Å². The number of rotatable bonds is 8. The molecule has 6 nitrogen and oxygen atoms in total. The average molecular weight is 241 g/mol. The van der Waals surface area contributed by atoms with Crippen LogP contribution in [0.15, 0.2) is 12.1 Å². The summed E-state index contributed by atoms with van der Waals surface area (Å²) in [6.45, 7) is 1.73. The van der Waals surface area contributed by atoms with Crippen LogP contribution in [0.2, 0.25) is 0 Å². The zero-order valence-electron chi connectivity index (χ0n) is 9.98. The van der Waals surface area contributed by atoms with E-state index in [1.54, 1.807) is 19.2 Å². The number of aliphatic hydroxyl groups is 1. The van der Waals surface area contributed by atoms with E-state index in [4.69, 9.17) is 20.3 Å². The molecule has 0 spiro atoms. The molecular formula is C11H19N3O3. The summed E-state index contributed by atoms with van der Waals surface area (Å²) < 4.78 is 10.1. The van der Waals surface area contributed by atoms with Crippen molar-refractivity contribution in [2.45, 2.75) is 6.42 Å². The number of aromatic nitrogens is 1. The highest BCUT2D eigenvalue weighted by molar-refractivity contribution is 5.61. The average Bonchev–Trinajstić information content (AvgIpc) is 2.35. The predicted molar refractivity (Wildman–Crippen MR) is 66.2 cm³/mol. The summed E-state index contributed by atoms with van der Waals surface area (Å²) in [5, 5.41) is 11.6. The number of hydrogen-bond acceptors (Lipinski definition) is 6. The van der Waals surface area contributed by atoms with Gasteiger partial charge in [0.15, 0.2) is 5.82 Å². The first kappa shape index (κ1) is 13.5. The van der Waals surface area contributed by atoms with Crippen molar-refractivity contribution in [3.8, 4) is 5.88 Å². The molecule has 96 valence electrons. The largest absolute Gasteiger partial charge is 0.481 e. The van der Waals surface area contributed by atoms with Gasteiger partial charge in [-0.3, -0.25) is 0 Å². The summed E-state index contributed by atoms with van der Waals surface area (Å²) in [5.74, 6) is 1.14. The fourth-order valence-electron chi connectivity index (χ4n) is 1.25. The maximum Gasteiger partial charge on any atom is 0.215 e. The Labute approximate surface area is 101 Å². The molecule has 0 amide bonds. The predicted octanol–water partition coefficient (Wildman–Crippen LogP) is 0.483. The smallest absolute Gasteiger partial charge is 0.215 e. The molecule has 0 saturated heterocycles. The van der Waals surface area contributed by atoms with Crippen LogP contribution in [0.5, 0.6) is 5.88 Å². The van der Waals surface area contributed by atoms with Gasteiger partial charge >= 0.3 is 0 Å². The number of nitrogen functional groups attached to an aromatic ring is 1. The van der Waals surface area contributed by atoms with E-state index in [9.17, 15) is 0 Å². The van der Waals surface area contributed by atoms with Crippen molar-refractivity contribution in [3.63, 3.8) is 0 Å². The minimum Gasteiger partial charge on any atom is -0.481 e. The summed E-state index contributed by atoms with van der Waals surface area (Å²) in [4.78, 5) is 4.19. The molecule has 0 atom stereocenters. The van der Waals surface area contributed by atoms with Crippen LogP contribution in [0.3, 0.4) is 0 Å². The third-order valence-corrected chi connectivity index (χ3v) is 2.10. The van der Waals surface area contributed by atoms with Gasteiger partial charge in [-0.05, 0) is 12.5 Å². The van der Waals surface area contributed by atoms with Gasteiger partial charge in [-0.2, -0.15) is 4.98 Å². The van der Waals surface area contributed by atoms with Gasteiger partial charge < -0.3 is 25.6 Å². The monoisotopic (exact) mass is 241 g/mol. The molecule has 0 aliphatic rings. The minimum absolute atomic E-state index is 0.0534. The van der Waals surface area contributed by atoms with Crippen LogP contribution in [0, 0.1) is 0 Å². The Bertz CT molecular complexity index is 334. The summed E-state index contributed by atoms with van der Waals surface area (Å²) in [6.07, 6.45) is 0.818. The van der Waals surface area contributed by atoms with Crippen LogP contribution in [0.1, 0.15) is 6.42 Å². The quantitative estimate of drug-likeness (QED) is 0.574. The van der Waals surface area contributed by atoms with Crippen molar-refractivity contribution >= 4 is 11.5 Å². The molecule has 0 fully saturated rings. The molecular weight excluding hydrogens is 222 g/mol. The van der Waals surface area contributed by atoms with E-state index in [0.29, 0.717) is 37.1 Å². The second-order valence-corrected chi connectivity index (χ2v) is 3.41. The first-order valence-electron chi connectivity index (χ1n) is 5.51. The zero-order valence-corrected chi connectivity index (χ0v) is 9.98. The maximum atomic E-state index is 8.51. The summed E-state index contributed by atoms with van der Waals surface area (Å²) in [5.41, 5.74) is 6.35. The zero-order chi connectivity index (χ0) is 12.5. The number of nitrogens with zero attached hydrogens (tertiary/aromatic N) is 1. The van der Waals surface area contributed by atoms with Gasteiger partial charge in [0.25, 0.3) is 0 Å². The molecule has 0 aliphatic carbocycles. The lowest BCUT2D eigenvalue weighted by atomic mass is 10.3. The number of nitrogens with one attached hydrogen (secondary N) is 1. The van der Waals surface area contributed by atoms with Gasteiger partial charge in [0.1, 0.15) is 0 Å². The molecule has 0 radical (unpaired) electrons. The summed E-state index contributed by atoms with van der Waals surface area (Å²) in [6, 6.07) is 3.46. The van der Waals surface area contributed by atoms with E-state index in [-0.39, 0.29) is 6.61 Å². The molecule has 17 heavy (non-hydrogen) atoms. The molecule has 0 aromatic carbocycles. The lowest BCUT2D eigenvalue weighted by molar-refractivity contribution is 0.0922. The Balaban J connectivity index is 2.30. The maximum absolute atomic E-state index is 8.51. The van der Waals surface area contributed by atoms with Gasteiger partial charge in [0, 0.05) is 19.2 Å². The van der Waals surface area contributed by atoms with Gasteiger partial charge in [0.05, 0.1) is 26.0 Å². The highest BCUT2D eigenvalue weighted by Gasteiger charge is 2.02. The second kappa shape index (κ2) is 7.70. The highest BCUT2D eigenvalue weighted by atomic mass is 16.5. The van der Waals surface area contributed by atoms with Crippen LogP contribution in [-0.2, 0) is 4.74 Å². The Morgan fingerprint density at radius 3 is 2.94 bits per heavy atom. The Morgan fingerprint density at radius 2 is 2.24 bits per heavy atom. The third kappa shape index (κ3) is 4.88. The van der Waals surface area contributed by atoms with E-state index < -0.39 is 0 Å². The molecule has 1 aromatic rings. The lowest BCUT2D eigenvalue weighted by Gasteiger charge is -2.09. The molecule has 0 saturated carbocycles. The standard InChI is InChI=1S/C11H19N3O3/c1-16-10-4-3-9(12)11(14-10)13-5-2-7-17-8-6-15/h3-4,15H,2,5-8,12H2,1H3,(H,13,14). The van der Waals surface area contributed by atoms with E-state index in [1.807, 2.05) is 0 Å². The molecule has 4 N–H and O–H groups in total. The lowest BCUT2D eigenvalue weighted by Crippen LogP contribution is -2.10. The molecule has 6 heteroatoms. The fourth-order valence-corrected chi connectivity index (χ4v) is 1.25. The molecule has 0 unspecified atom stereocenters. The number of ether oxygens (including phenoxy) is 2. The first-order valence-corrected chi connectivity index (χ1v) is 5.51. The van der Waals surface area contributed by atoms with Crippen molar-refractivity contribution in [3.05, 3.63) is 12.1 Å².